The maximum absolute atomic E-state index is 12.0. The Morgan fingerprint density at radius 2 is 2.15 bits per heavy atom. The Bertz CT molecular complexity index is 570. The number of nitrogens with zero attached hydrogens (tertiary/aromatic N) is 4. The van der Waals surface area contributed by atoms with Crippen molar-refractivity contribution in [3.8, 4) is 5.82 Å². The minimum Gasteiger partial charge on any atom is -0.323 e. The van der Waals surface area contributed by atoms with Gasteiger partial charge in [0.25, 0.3) is 0 Å². The van der Waals surface area contributed by atoms with Gasteiger partial charge < -0.3 is 11.1 Å². The van der Waals surface area contributed by atoms with E-state index in [1.54, 1.807) is 24.7 Å². The highest BCUT2D eigenvalue weighted by molar-refractivity contribution is 5.95. The third-order valence-corrected chi connectivity index (χ3v) is 2.88. The van der Waals surface area contributed by atoms with E-state index in [-0.39, 0.29) is 11.3 Å². The summed E-state index contributed by atoms with van der Waals surface area (Å²) in [6.45, 7) is 5.76. The molecule has 1 atom stereocenters. The second kappa shape index (κ2) is 5.38. The van der Waals surface area contributed by atoms with Gasteiger partial charge >= 0.3 is 0 Å². The van der Waals surface area contributed by atoms with E-state index in [0.717, 1.165) is 0 Å². The predicted octanol–water partition coefficient (Wildman–Crippen LogP) is 0.974. The van der Waals surface area contributed by atoms with Gasteiger partial charge in [-0.2, -0.15) is 5.10 Å². The fourth-order valence-corrected chi connectivity index (χ4v) is 1.54. The number of amides is 1. The van der Waals surface area contributed by atoms with Gasteiger partial charge in [-0.3, -0.25) is 4.79 Å². The summed E-state index contributed by atoms with van der Waals surface area (Å²) in [7, 11) is 0. The van der Waals surface area contributed by atoms with Crippen molar-refractivity contribution < 1.29 is 4.79 Å². The average molecular weight is 274 g/mol. The van der Waals surface area contributed by atoms with Gasteiger partial charge in [-0.05, 0) is 17.5 Å². The van der Waals surface area contributed by atoms with Crippen molar-refractivity contribution in [2.45, 2.75) is 26.8 Å². The Balaban J connectivity index is 2.06. The average Bonchev–Trinajstić information content (AvgIpc) is 2.91. The lowest BCUT2D eigenvalue weighted by Gasteiger charge is -2.25. The number of carbonyl (C=O) groups is 1. The number of nitrogens with one attached hydrogen (secondary N) is 1. The largest absolute Gasteiger partial charge is 0.323 e. The molecule has 106 valence electrons. The highest BCUT2D eigenvalue weighted by Gasteiger charge is 2.27. The number of hydrogen-bond acceptors (Lipinski definition) is 5. The smallest absolute Gasteiger partial charge is 0.241 e. The van der Waals surface area contributed by atoms with Crippen molar-refractivity contribution in [1.29, 1.82) is 0 Å². The summed E-state index contributed by atoms with van der Waals surface area (Å²) in [5, 5.41) is 6.72. The van der Waals surface area contributed by atoms with Crippen LogP contribution < -0.4 is 11.1 Å². The number of carbonyl (C=O) groups excluding carboxylic acids is 1. The number of pyridine rings is 1. The Kier molecular flexibility index (Phi) is 3.80. The topological polar surface area (TPSA) is 98.7 Å². The molecular weight excluding hydrogens is 256 g/mol. The van der Waals surface area contributed by atoms with Gasteiger partial charge in [0, 0.05) is 0 Å². The lowest BCUT2D eigenvalue weighted by atomic mass is 9.87. The second-order valence-corrected chi connectivity index (χ2v) is 5.58. The van der Waals surface area contributed by atoms with Gasteiger partial charge in [-0.25, -0.2) is 14.6 Å². The van der Waals surface area contributed by atoms with E-state index in [4.69, 9.17) is 5.73 Å². The van der Waals surface area contributed by atoms with E-state index in [1.165, 1.54) is 11.0 Å². The Morgan fingerprint density at radius 1 is 1.40 bits per heavy atom. The molecule has 2 aromatic rings. The first-order valence-electron chi connectivity index (χ1n) is 6.25. The summed E-state index contributed by atoms with van der Waals surface area (Å²) in [4.78, 5) is 20.0. The zero-order chi connectivity index (χ0) is 14.8. The summed E-state index contributed by atoms with van der Waals surface area (Å²) >= 11 is 0. The molecule has 3 N–H and O–H groups in total. The molecule has 7 nitrogen and oxygen atoms in total. The van der Waals surface area contributed by atoms with E-state index < -0.39 is 6.04 Å². The normalized spacial score (nSPS) is 13.0. The van der Waals surface area contributed by atoms with Crippen molar-refractivity contribution in [3.63, 3.8) is 0 Å². The third kappa shape index (κ3) is 3.18. The molecule has 7 heteroatoms. The van der Waals surface area contributed by atoms with E-state index in [2.05, 4.69) is 20.4 Å². The molecule has 0 aromatic carbocycles. The van der Waals surface area contributed by atoms with Crippen LogP contribution in [0, 0.1) is 5.41 Å². The van der Waals surface area contributed by atoms with Crippen LogP contribution in [-0.2, 0) is 4.79 Å². The van der Waals surface area contributed by atoms with Gasteiger partial charge in [0.05, 0.1) is 17.9 Å². The lowest BCUT2D eigenvalue weighted by molar-refractivity contribution is -0.119. The molecule has 0 bridgehead atoms. The van der Waals surface area contributed by atoms with E-state index in [1.807, 2.05) is 20.8 Å². The van der Waals surface area contributed by atoms with Crippen LogP contribution in [0.4, 0.5) is 5.69 Å². The molecule has 0 fully saturated rings. The molecule has 2 aromatic heterocycles. The first-order valence-corrected chi connectivity index (χ1v) is 6.25. The monoisotopic (exact) mass is 274 g/mol. The van der Waals surface area contributed by atoms with Crippen molar-refractivity contribution in [3.05, 3.63) is 31.0 Å². The van der Waals surface area contributed by atoms with Crippen LogP contribution in [0.15, 0.2) is 31.0 Å². The van der Waals surface area contributed by atoms with E-state index in [9.17, 15) is 4.79 Å². The molecule has 20 heavy (non-hydrogen) atoms. The maximum Gasteiger partial charge on any atom is 0.241 e. The van der Waals surface area contributed by atoms with Crippen molar-refractivity contribution in [1.82, 2.24) is 19.7 Å². The summed E-state index contributed by atoms with van der Waals surface area (Å²) in [5.74, 6) is 0.397. The fraction of sp³-hybridized carbons (Fsp3) is 0.385. The maximum atomic E-state index is 12.0. The van der Waals surface area contributed by atoms with E-state index in [0.29, 0.717) is 11.5 Å². The minimum atomic E-state index is -0.586. The lowest BCUT2D eigenvalue weighted by Crippen LogP contribution is -2.45. The molecule has 0 aliphatic rings. The number of anilines is 1. The van der Waals surface area contributed by atoms with Crippen molar-refractivity contribution >= 4 is 11.6 Å². The van der Waals surface area contributed by atoms with Crippen molar-refractivity contribution in [2.75, 3.05) is 5.32 Å². The van der Waals surface area contributed by atoms with Gasteiger partial charge in [-0.1, -0.05) is 20.8 Å². The first kappa shape index (κ1) is 14.1. The molecular formula is C13H18N6O. The molecule has 0 saturated carbocycles. The Labute approximate surface area is 117 Å². The van der Waals surface area contributed by atoms with Gasteiger partial charge in [0.15, 0.2) is 5.82 Å². The van der Waals surface area contributed by atoms with Crippen LogP contribution in [0.2, 0.25) is 0 Å². The quantitative estimate of drug-likeness (QED) is 0.869. The van der Waals surface area contributed by atoms with Gasteiger partial charge in [0.1, 0.15) is 12.7 Å². The second-order valence-electron chi connectivity index (χ2n) is 5.58. The minimum absolute atomic E-state index is 0.229. The number of rotatable bonds is 3. The van der Waals surface area contributed by atoms with Crippen LogP contribution in [0.1, 0.15) is 20.8 Å². The zero-order valence-corrected chi connectivity index (χ0v) is 11.7. The molecule has 2 rings (SSSR count). The molecule has 2 heterocycles. The molecule has 0 spiro atoms. The zero-order valence-electron chi connectivity index (χ0n) is 11.7. The first-order chi connectivity index (χ1) is 9.38. The van der Waals surface area contributed by atoms with Gasteiger partial charge in [-0.15, -0.1) is 0 Å². The van der Waals surface area contributed by atoms with Crippen LogP contribution >= 0.6 is 0 Å². The Hall–Kier alpha value is -2.28. The predicted molar refractivity (Wildman–Crippen MR) is 75.2 cm³/mol. The summed E-state index contributed by atoms with van der Waals surface area (Å²) in [6.07, 6.45) is 4.54. The standard InChI is InChI=1S/C13H18N6O/c1-13(2,3)11(14)12(20)18-9-4-5-10(16-6-9)19-8-15-7-17-19/h4-8,11H,14H2,1-3H3,(H,18,20)/t11-/m1/s1. The molecule has 0 radical (unpaired) electrons. The molecule has 1 amide bonds. The van der Waals surface area contributed by atoms with Crippen LogP contribution in [0.5, 0.6) is 0 Å². The third-order valence-electron chi connectivity index (χ3n) is 2.88. The van der Waals surface area contributed by atoms with Crippen LogP contribution in [0.25, 0.3) is 5.82 Å². The summed E-state index contributed by atoms with van der Waals surface area (Å²) in [5.41, 5.74) is 6.20. The highest BCUT2D eigenvalue weighted by atomic mass is 16.2. The van der Waals surface area contributed by atoms with Crippen LogP contribution in [0.3, 0.4) is 0 Å². The van der Waals surface area contributed by atoms with E-state index >= 15 is 0 Å². The SMILES string of the molecule is CC(C)(C)[C@H](N)C(=O)Nc1ccc(-n2cncn2)nc1. The summed E-state index contributed by atoms with van der Waals surface area (Å²) < 4.78 is 1.53. The van der Waals surface area contributed by atoms with Crippen molar-refractivity contribution in [2.24, 2.45) is 11.1 Å². The summed E-state index contributed by atoms with van der Waals surface area (Å²) in [6, 6.07) is 2.90. The molecule has 0 aliphatic heterocycles. The molecule has 0 unspecified atom stereocenters. The number of aromatic nitrogens is 4. The number of hydrogen-bond donors (Lipinski definition) is 2. The molecule has 0 aliphatic carbocycles. The van der Waals surface area contributed by atoms with Crippen LogP contribution in [-0.4, -0.2) is 31.7 Å². The van der Waals surface area contributed by atoms with Gasteiger partial charge in [0.2, 0.25) is 5.91 Å². The fourth-order valence-electron chi connectivity index (χ4n) is 1.54. The number of nitrogens with two attached hydrogens (primary N) is 1. The highest BCUT2D eigenvalue weighted by Crippen LogP contribution is 2.19. The molecule has 0 saturated heterocycles. The Morgan fingerprint density at radius 3 is 2.65 bits per heavy atom.